The summed E-state index contributed by atoms with van der Waals surface area (Å²) in [5.41, 5.74) is 1.11. The van der Waals surface area contributed by atoms with E-state index in [0.717, 1.165) is 31.2 Å². The van der Waals surface area contributed by atoms with Crippen LogP contribution in [0.5, 0.6) is 0 Å². The average Bonchev–Trinajstić information content (AvgIpc) is 3.40. The maximum atomic E-state index is 12.9. The number of hydrogen-bond acceptors (Lipinski definition) is 4. The van der Waals surface area contributed by atoms with E-state index in [1.807, 2.05) is 16.8 Å². The summed E-state index contributed by atoms with van der Waals surface area (Å²) in [5.74, 6) is 1.61. The number of piperidine rings is 1. The number of hydrogen-bond donors (Lipinski definition) is 0. The molecule has 0 N–H and O–H groups in total. The molecule has 1 saturated carbocycles. The van der Waals surface area contributed by atoms with Crippen molar-refractivity contribution in [3.63, 3.8) is 0 Å². The number of thiophene rings is 1. The van der Waals surface area contributed by atoms with Crippen LogP contribution in [0.4, 0.5) is 0 Å². The van der Waals surface area contributed by atoms with Crippen molar-refractivity contribution < 1.29 is 9.53 Å². The number of ether oxygens (including phenoxy) is 1. The number of likely N-dealkylation sites (tertiary alicyclic amines) is 2. The number of carbonyl (C=O) groups is 1. The Kier molecular flexibility index (Phi) is 5.67. The largest absolute Gasteiger partial charge is 0.384 e. The van der Waals surface area contributed by atoms with Gasteiger partial charge in [0.05, 0.1) is 12.2 Å². The third-order valence-electron chi connectivity index (χ3n) is 7.08. The summed E-state index contributed by atoms with van der Waals surface area (Å²) in [5, 5.41) is 3.97. The van der Waals surface area contributed by atoms with E-state index in [4.69, 9.17) is 4.74 Å². The van der Waals surface area contributed by atoms with E-state index in [9.17, 15) is 4.79 Å². The second-order valence-corrected chi connectivity index (χ2v) is 9.44. The summed E-state index contributed by atoms with van der Waals surface area (Å²) in [6.07, 6.45) is 8.13. The highest BCUT2D eigenvalue weighted by Gasteiger charge is 2.49. The molecular weight excluding hydrogens is 344 g/mol. The third-order valence-corrected chi connectivity index (χ3v) is 7.76. The van der Waals surface area contributed by atoms with E-state index in [2.05, 4.69) is 9.80 Å². The Morgan fingerprint density at radius 3 is 2.73 bits per heavy atom. The fraction of sp³-hybridized carbons (Fsp3) is 0.762. The fourth-order valence-electron chi connectivity index (χ4n) is 5.49. The predicted octanol–water partition coefficient (Wildman–Crippen LogP) is 3.74. The zero-order valence-electron chi connectivity index (χ0n) is 16.0. The minimum Gasteiger partial charge on any atom is -0.384 e. The van der Waals surface area contributed by atoms with Crippen LogP contribution in [0.25, 0.3) is 0 Å². The Morgan fingerprint density at radius 2 is 2.08 bits per heavy atom. The maximum Gasteiger partial charge on any atom is 0.254 e. The molecule has 3 fully saturated rings. The van der Waals surface area contributed by atoms with Gasteiger partial charge in [0.1, 0.15) is 0 Å². The van der Waals surface area contributed by atoms with Gasteiger partial charge in [-0.1, -0.05) is 12.8 Å². The number of methoxy groups -OCH3 is 1. The van der Waals surface area contributed by atoms with Crippen molar-refractivity contribution in [2.75, 3.05) is 46.4 Å². The molecule has 4 nitrogen and oxygen atoms in total. The topological polar surface area (TPSA) is 32.8 Å². The number of rotatable bonds is 5. The first kappa shape index (κ1) is 18.5. The van der Waals surface area contributed by atoms with Gasteiger partial charge in [-0.2, -0.15) is 11.3 Å². The first-order valence-corrected chi connectivity index (χ1v) is 11.2. The lowest BCUT2D eigenvalue weighted by Gasteiger charge is -2.43. The molecular formula is C21H32N2O2S. The molecule has 2 aliphatic heterocycles. The van der Waals surface area contributed by atoms with Gasteiger partial charge in [0, 0.05) is 38.0 Å². The zero-order chi connectivity index (χ0) is 18.0. The molecule has 1 aromatic rings. The van der Waals surface area contributed by atoms with Gasteiger partial charge in [0.25, 0.3) is 5.91 Å². The normalized spacial score (nSPS) is 26.8. The molecule has 1 amide bonds. The standard InChI is InChI=1S/C21H32N2O2S/c1-25-14-19-13-23(20(24)18-6-11-26-15-18)16-21(19)7-9-22(10-8-21)12-17-4-2-3-5-17/h6,11,15,17,19H,2-5,7-10,12-14,16H2,1H3/t19-/m1/s1. The molecule has 0 bridgehead atoms. The monoisotopic (exact) mass is 376 g/mol. The molecule has 0 unspecified atom stereocenters. The summed E-state index contributed by atoms with van der Waals surface area (Å²) in [6.45, 7) is 6.21. The van der Waals surface area contributed by atoms with Crippen LogP contribution in [-0.2, 0) is 4.74 Å². The lowest BCUT2D eigenvalue weighted by Crippen LogP contribution is -2.46. The first-order chi connectivity index (χ1) is 12.7. The van der Waals surface area contributed by atoms with Crippen LogP contribution < -0.4 is 0 Å². The lowest BCUT2D eigenvalue weighted by molar-refractivity contribution is 0.0328. The van der Waals surface area contributed by atoms with Gasteiger partial charge in [0.15, 0.2) is 0 Å². The Balaban J connectivity index is 1.40. The summed E-state index contributed by atoms with van der Waals surface area (Å²) in [4.78, 5) is 17.6. The molecule has 2 saturated heterocycles. The van der Waals surface area contributed by atoms with E-state index >= 15 is 0 Å². The number of nitrogens with zero attached hydrogens (tertiary/aromatic N) is 2. The second kappa shape index (κ2) is 7.99. The quantitative estimate of drug-likeness (QED) is 0.785. The van der Waals surface area contributed by atoms with Crippen LogP contribution in [0, 0.1) is 17.3 Å². The van der Waals surface area contributed by atoms with Crippen molar-refractivity contribution in [2.45, 2.75) is 38.5 Å². The van der Waals surface area contributed by atoms with Gasteiger partial charge in [-0.3, -0.25) is 4.79 Å². The molecule has 1 aromatic heterocycles. The van der Waals surface area contributed by atoms with Crippen LogP contribution in [0.3, 0.4) is 0 Å². The van der Waals surface area contributed by atoms with Gasteiger partial charge in [0.2, 0.25) is 0 Å². The molecule has 1 atom stereocenters. The Bertz CT molecular complexity index is 589. The van der Waals surface area contributed by atoms with Crippen molar-refractivity contribution >= 4 is 17.2 Å². The Hall–Kier alpha value is -0.910. The third kappa shape index (κ3) is 3.71. The average molecular weight is 377 g/mol. The van der Waals surface area contributed by atoms with Crippen LogP contribution in [0.1, 0.15) is 48.9 Å². The van der Waals surface area contributed by atoms with Crippen molar-refractivity contribution in [2.24, 2.45) is 17.3 Å². The van der Waals surface area contributed by atoms with Crippen LogP contribution in [0.15, 0.2) is 16.8 Å². The maximum absolute atomic E-state index is 12.9. The lowest BCUT2D eigenvalue weighted by atomic mass is 9.71. The molecule has 3 heterocycles. The van der Waals surface area contributed by atoms with Crippen molar-refractivity contribution in [3.05, 3.63) is 22.4 Å². The van der Waals surface area contributed by atoms with Gasteiger partial charge >= 0.3 is 0 Å². The Labute approximate surface area is 161 Å². The summed E-state index contributed by atoms with van der Waals surface area (Å²) < 4.78 is 5.56. The van der Waals surface area contributed by atoms with Crippen LogP contribution >= 0.6 is 11.3 Å². The van der Waals surface area contributed by atoms with Crippen molar-refractivity contribution in [3.8, 4) is 0 Å². The summed E-state index contributed by atoms with van der Waals surface area (Å²) in [7, 11) is 1.80. The molecule has 1 aliphatic carbocycles. The molecule has 5 heteroatoms. The second-order valence-electron chi connectivity index (χ2n) is 8.66. The van der Waals surface area contributed by atoms with Gasteiger partial charge < -0.3 is 14.5 Å². The smallest absolute Gasteiger partial charge is 0.254 e. The minimum absolute atomic E-state index is 0.206. The molecule has 0 radical (unpaired) electrons. The van der Waals surface area contributed by atoms with Gasteiger partial charge in [-0.05, 0) is 61.6 Å². The van der Waals surface area contributed by atoms with E-state index in [1.165, 1.54) is 58.2 Å². The fourth-order valence-corrected chi connectivity index (χ4v) is 6.12. The van der Waals surface area contributed by atoms with E-state index in [0.29, 0.717) is 5.92 Å². The van der Waals surface area contributed by atoms with Crippen molar-refractivity contribution in [1.82, 2.24) is 9.80 Å². The van der Waals surface area contributed by atoms with Gasteiger partial charge in [-0.15, -0.1) is 0 Å². The van der Waals surface area contributed by atoms with Crippen molar-refractivity contribution in [1.29, 1.82) is 0 Å². The number of carbonyl (C=O) groups excluding carboxylic acids is 1. The predicted molar refractivity (Wildman–Crippen MR) is 106 cm³/mol. The highest BCUT2D eigenvalue weighted by Crippen LogP contribution is 2.45. The summed E-state index contributed by atoms with van der Waals surface area (Å²) in [6, 6.07) is 1.95. The molecule has 26 heavy (non-hydrogen) atoms. The highest BCUT2D eigenvalue weighted by atomic mass is 32.1. The highest BCUT2D eigenvalue weighted by molar-refractivity contribution is 7.08. The Morgan fingerprint density at radius 1 is 1.31 bits per heavy atom. The molecule has 144 valence electrons. The molecule has 0 aromatic carbocycles. The zero-order valence-corrected chi connectivity index (χ0v) is 16.8. The van der Waals surface area contributed by atoms with E-state index in [1.54, 1.807) is 18.4 Å². The SMILES string of the molecule is COC[C@H]1CN(C(=O)c2ccsc2)CC12CCN(CC1CCCC1)CC2. The van der Waals surface area contributed by atoms with Gasteiger partial charge in [-0.25, -0.2) is 0 Å². The van der Waals surface area contributed by atoms with E-state index in [-0.39, 0.29) is 11.3 Å². The molecule has 3 aliphatic rings. The molecule has 4 rings (SSSR count). The van der Waals surface area contributed by atoms with Crippen LogP contribution in [-0.4, -0.2) is 62.1 Å². The van der Waals surface area contributed by atoms with Crippen LogP contribution in [0.2, 0.25) is 0 Å². The first-order valence-electron chi connectivity index (χ1n) is 10.2. The molecule has 1 spiro atoms. The number of amides is 1. The minimum atomic E-state index is 0.206. The summed E-state index contributed by atoms with van der Waals surface area (Å²) >= 11 is 1.60. The van der Waals surface area contributed by atoms with E-state index < -0.39 is 0 Å².